The first kappa shape index (κ1) is 20.9. The molecule has 2 fully saturated rings. The van der Waals surface area contributed by atoms with Gasteiger partial charge in [-0.15, -0.1) is 0 Å². The van der Waals surface area contributed by atoms with E-state index >= 15 is 0 Å². The molecular weight excluding hydrogens is 460 g/mol. The maximum Gasteiger partial charge on any atom is 0.223 e. The number of allylic oxidation sites excluding steroid dienone is 1. The number of hydrogen-bond acceptors (Lipinski definition) is 8. The second-order valence-corrected chi connectivity index (χ2v) is 10.5. The molecule has 33 heavy (non-hydrogen) atoms. The molecule has 11 heteroatoms. The number of nitrogens with zero attached hydrogens (tertiary/aromatic N) is 5. The minimum atomic E-state index is -0.280. The highest BCUT2D eigenvalue weighted by Gasteiger charge is 2.47. The number of aromatic nitrogens is 4. The average molecular weight is 485 g/mol. The lowest BCUT2D eigenvalue weighted by molar-refractivity contribution is -0.122. The summed E-state index contributed by atoms with van der Waals surface area (Å²) in [4.78, 5) is 34.9. The summed E-state index contributed by atoms with van der Waals surface area (Å²) in [6, 6.07) is -0.0976. The summed E-state index contributed by atoms with van der Waals surface area (Å²) in [5.74, 6) is 0.608. The molecule has 0 radical (unpaired) electrons. The van der Waals surface area contributed by atoms with Crippen molar-refractivity contribution >= 4 is 50.8 Å². The number of fused-ring (bicyclic) bond motifs is 3. The first-order chi connectivity index (χ1) is 16.0. The van der Waals surface area contributed by atoms with Gasteiger partial charge in [0.05, 0.1) is 33.9 Å². The van der Waals surface area contributed by atoms with Crippen molar-refractivity contribution in [1.29, 1.82) is 0 Å². The van der Waals surface area contributed by atoms with Crippen molar-refractivity contribution in [2.24, 2.45) is 23.5 Å². The number of hydrogen-bond donors (Lipinski definition) is 3. The van der Waals surface area contributed by atoms with Crippen molar-refractivity contribution in [3.63, 3.8) is 0 Å². The molecule has 1 saturated carbocycles. The van der Waals surface area contributed by atoms with Crippen LogP contribution in [0.5, 0.6) is 0 Å². The predicted molar refractivity (Wildman–Crippen MR) is 131 cm³/mol. The molecule has 1 saturated heterocycles. The number of rotatable bonds is 5. The molecule has 6 rings (SSSR count). The molecule has 3 aliphatic rings. The maximum atomic E-state index is 12.2. The van der Waals surface area contributed by atoms with Crippen LogP contribution in [0, 0.1) is 17.8 Å². The Bertz CT molecular complexity index is 1250. The van der Waals surface area contributed by atoms with E-state index in [9.17, 15) is 4.79 Å². The standard InChI is InChI=1S/C22H25ClN8OS/c1-30-4-6-31(7-5-30)22-26-10-14(33-22)20-28-18-17(13(23)9-25-21(18)29-20)27-16-12-3-2-11(8-12)15(16)19(24)32/h2-3,9-12,15-16H,4-8H2,1H3,(H2,24,32)(H2,25,27,28,29)/t11-,12+,15+,16-/m1/s1. The van der Waals surface area contributed by atoms with Gasteiger partial charge in [0, 0.05) is 32.2 Å². The summed E-state index contributed by atoms with van der Waals surface area (Å²) >= 11 is 8.17. The first-order valence-corrected chi connectivity index (χ1v) is 12.4. The summed E-state index contributed by atoms with van der Waals surface area (Å²) < 4.78 is 0. The average Bonchev–Trinajstić information content (AvgIpc) is 3.58. The van der Waals surface area contributed by atoms with Crippen LogP contribution in [-0.2, 0) is 4.79 Å². The van der Waals surface area contributed by atoms with E-state index in [0.717, 1.165) is 48.1 Å². The molecule has 4 atom stereocenters. The van der Waals surface area contributed by atoms with Crippen LogP contribution in [0.1, 0.15) is 6.42 Å². The van der Waals surface area contributed by atoms with E-state index in [4.69, 9.17) is 22.3 Å². The minimum absolute atomic E-state index is 0.0976. The molecular formula is C22H25ClN8OS. The number of carbonyl (C=O) groups is 1. The Morgan fingerprint density at radius 3 is 2.79 bits per heavy atom. The van der Waals surface area contributed by atoms with Gasteiger partial charge in [0.25, 0.3) is 0 Å². The fourth-order valence-corrected chi connectivity index (χ4v) is 6.39. The number of nitrogens with one attached hydrogen (secondary N) is 2. The number of imidazole rings is 1. The van der Waals surface area contributed by atoms with E-state index in [1.807, 2.05) is 6.20 Å². The van der Waals surface area contributed by atoms with Crippen molar-refractivity contribution in [1.82, 2.24) is 24.8 Å². The summed E-state index contributed by atoms with van der Waals surface area (Å²) in [6.07, 6.45) is 8.67. The van der Waals surface area contributed by atoms with Gasteiger partial charge in [0.2, 0.25) is 5.91 Å². The van der Waals surface area contributed by atoms with Crippen LogP contribution in [0.2, 0.25) is 5.02 Å². The molecule has 2 bridgehead atoms. The van der Waals surface area contributed by atoms with Crippen molar-refractivity contribution in [3.05, 3.63) is 29.6 Å². The number of carbonyl (C=O) groups excluding carboxylic acids is 1. The first-order valence-electron chi connectivity index (χ1n) is 11.2. The third-order valence-corrected chi connectivity index (χ3v) is 8.42. The molecule has 4 heterocycles. The van der Waals surface area contributed by atoms with Crippen LogP contribution >= 0.6 is 22.9 Å². The van der Waals surface area contributed by atoms with Crippen LogP contribution in [0.3, 0.4) is 0 Å². The Kier molecular flexibility index (Phi) is 5.04. The van der Waals surface area contributed by atoms with Gasteiger partial charge in [-0.25, -0.2) is 15.0 Å². The monoisotopic (exact) mass is 484 g/mol. The molecule has 3 aromatic heterocycles. The van der Waals surface area contributed by atoms with Gasteiger partial charge in [-0.1, -0.05) is 35.1 Å². The lowest BCUT2D eigenvalue weighted by atomic mass is 9.88. The van der Waals surface area contributed by atoms with Gasteiger partial charge in [-0.3, -0.25) is 4.79 Å². The number of likely N-dealkylation sites (N-methyl/N-ethyl adjacent to an activating group) is 1. The second kappa shape index (κ2) is 7.96. The van der Waals surface area contributed by atoms with Gasteiger partial charge >= 0.3 is 0 Å². The van der Waals surface area contributed by atoms with Crippen molar-refractivity contribution in [2.45, 2.75) is 12.5 Å². The zero-order chi connectivity index (χ0) is 22.7. The fraction of sp³-hybridized carbons (Fsp3) is 0.455. The minimum Gasteiger partial charge on any atom is -0.378 e. The topological polar surface area (TPSA) is 116 Å². The number of thiazole rings is 1. The van der Waals surface area contributed by atoms with Crippen LogP contribution < -0.4 is 16.0 Å². The largest absolute Gasteiger partial charge is 0.378 e. The molecule has 4 N–H and O–H groups in total. The lowest BCUT2D eigenvalue weighted by Crippen LogP contribution is -2.44. The van der Waals surface area contributed by atoms with Crippen LogP contribution in [0.25, 0.3) is 21.9 Å². The number of piperazine rings is 1. The van der Waals surface area contributed by atoms with E-state index in [0.29, 0.717) is 22.2 Å². The number of H-pyrrole nitrogens is 1. The van der Waals surface area contributed by atoms with Gasteiger partial charge in [0.15, 0.2) is 16.6 Å². The Morgan fingerprint density at radius 2 is 2.00 bits per heavy atom. The fourth-order valence-electron chi connectivity index (χ4n) is 5.28. The molecule has 172 valence electrons. The number of halogens is 1. The highest BCUT2D eigenvalue weighted by molar-refractivity contribution is 7.18. The second-order valence-electron chi connectivity index (χ2n) is 9.11. The summed E-state index contributed by atoms with van der Waals surface area (Å²) in [5, 5.41) is 5.00. The van der Waals surface area contributed by atoms with E-state index < -0.39 is 0 Å². The Labute approximate surface area is 200 Å². The van der Waals surface area contributed by atoms with Crippen molar-refractivity contribution in [3.8, 4) is 10.7 Å². The quantitative estimate of drug-likeness (QED) is 0.476. The molecule has 0 aromatic carbocycles. The molecule has 1 amide bonds. The molecule has 0 unspecified atom stereocenters. The number of primary amides is 1. The number of amides is 1. The van der Waals surface area contributed by atoms with E-state index in [2.05, 4.69) is 49.3 Å². The van der Waals surface area contributed by atoms with Gasteiger partial charge in [0.1, 0.15) is 5.52 Å². The van der Waals surface area contributed by atoms with E-state index in [-0.39, 0.29) is 29.7 Å². The van der Waals surface area contributed by atoms with Crippen LogP contribution in [-0.4, -0.2) is 70.0 Å². The molecule has 1 aliphatic heterocycles. The number of pyridine rings is 1. The normalized spacial score (nSPS) is 27.0. The molecule has 0 spiro atoms. The highest BCUT2D eigenvalue weighted by Crippen LogP contribution is 2.46. The Hall–Kier alpha value is -2.69. The summed E-state index contributed by atoms with van der Waals surface area (Å²) in [6.45, 7) is 3.99. The smallest absolute Gasteiger partial charge is 0.223 e. The summed E-state index contributed by atoms with van der Waals surface area (Å²) in [7, 11) is 2.14. The lowest BCUT2D eigenvalue weighted by Gasteiger charge is -2.32. The third kappa shape index (κ3) is 3.56. The maximum absolute atomic E-state index is 12.2. The zero-order valence-corrected chi connectivity index (χ0v) is 19.7. The third-order valence-electron chi connectivity index (χ3n) is 7.07. The van der Waals surface area contributed by atoms with Gasteiger partial charge in [-0.05, 0) is 25.3 Å². The van der Waals surface area contributed by atoms with E-state index in [1.54, 1.807) is 17.5 Å². The van der Waals surface area contributed by atoms with Crippen LogP contribution in [0.15, 0.2) is 24.5 Å². The number of aromatic amines is 1. The van der Waals surface area contributed by atoms with Crippen molar-refractivity contribution < 1.29 is 4.79 Å². The Morgan fingerprint density at radius 1 is 1.21 bits per heavy atom. The van der Waals surface area contributed by atoms with E-state index in [1.165, 1.54) is 0 Å². The van der Waals surface area contributed by atoms with Crippen molar-refractivity contribution in [2.75, 3.05) is 43.4 Å². The Balaban J connectivity index is 1.31. The highest BCUT2D eigenvalue weighted by atomic mass is 35.5. The molecule has 9 nitrogen and oxygen atoms in total. The molecule has 2 aliphatic carbocycles. The summed E-state index contributed by atoms with van der Waals surface area (Å²) in [5.41, 5.74) is 7.74. The number of anilines is 2. The van der Waals surface area contributed by atoms with Gasteiger partial charge < -0.3 is 25.8 Å². The number of nitrogens with two attached hydrogens (primary N) is 1. The van der Waals surface area contributed by atoms with Gasteiger partial charge in [-0.2, -0.15) is 0 Å². The van der Waals surface area contributed by atoms with Crippen LogP contribution in [0.4, 0.5) is 10.8 Å². The zero-order valence-electron chi connectivity index (χ0n) is 18.2. The SMILES string of the molecule is CN1CCN(c2ncc(-c3nc4ncc(Cl)c(N[C@H]5[C@@H](C(N)=O)[C@@H]6C=C[C@H]5C6)c4[nH]3)s2)CC1. The predicted octanol–water partition coefficient (Wildman–Crippen LogP) is 2.57. The molecule has 3 aromatic rings.